The standard InChI is InChI=1S/C20H24N4O.2C2HF3O2/c1-16-4-2-6-18(22-16)24-13-9-20(15-24)7-11-23(12-8-20)19(25)17-5-3-10-21-14-17;2*3-2(4,5)1(6)7/h2-6,10,14H,7-9,11-13,15H2,1H3;2*(H,6,7). The zero-order chi connectivity index (χ0) is 29.4. The molecule has 2 aromatic rings. The molecule has 2 aliphatic rings. The molecule has 214 valence electrons. The van der Waals surface area contributed by atoms with Crippen LogP contribution in [0.25, 0.3) is 0 Å². The number of carbonyl (C=O) groups is 3. The van der Waals surface area contributed by atoms with Crippen molar-refractivity contribution >= 4 is 23.7 Å². The van der Waals surface area contributed by atoms with E-state index in [1.807, 2.05) is 30.0 Å². The molecule has 1 spiro atoms. The number of amides is 1. The van der Waals surface area contributed by atoms with Crippen LogP contribution in [0.1, 0.15) is 35.3 Å². The van der Waals surface area contributed by atoms with Crippen molar-refractivity contribution in [3.05, 3.63) is 54.0 Å². The SMILES string of the molecule is Cc1cccc(N2CCC3(CCN(C(=O)c4cccnc4)CC3)C2)n1.O=C(O)C(F)(F)F.O=C(O)C(F)(F)F. The highest BCUT2D eigenvalue weighted by molar-refractivity contribution is 5.93. The zero-order valence-corrected chi connectivity index (χ0v) is 20.7. The highest BCUT2D eigenvalue weighted by Gasteiger charge is 2.42. The number of piperidine rings is 1. The molecule has 2 saturated heterocycles. The van der Waals surface area contributed by atoms with Gasteiger partial charge in [-0.15, -0.1) is 0 Å². The van der Waals surface area contributed by atoms with E-state index in [1.165, 1.54) is 6.42 Å². The molecule has 2 fully saturated rings. The van der Waals surface area contributed by atoms with E-state index >= 15 is 0 Å². The maximum absolute atomic E-state index is 12.6. The molecule has 0 unspecified atom stereocenters. The number of aliphatic carboxylic acids is 2. The number of pyridine rings is 2. The molecule has 9 nitrogen and oxygen atoms in total. The van der Waals surface area contributed by atoms with Gasteiger partial charge in [-0.1, -0.05) is 6.07 Å². The lowest BCUT2D eigenvalue weighted by atomic mass is 9.77. The van der Waals surface area contributed by atoms with E-state index in [0.29, 0.717) is 11.0 Å². The summed E-state index contributed by atoms with van der Waals surface area (Å²) in [7, 11) is 0. The minimum absolute atomic E-state index is 0.109. The Morgan fingerprint density at radius 2 is 1.41 bits per heavy atom. The Labute approximate surface area is 219 Å². The molecule has 1 amide bonds. The fraction of sp³-hybridized carbons (Fsp3) is 0.458. The molecule has 0 atom stereocenters. The van der Waals surface area contributed by atoms with Crippen molar-refractivity contribution in [1.82, 2.24) is 14.9 Å². The van der Waals surface area contributed by atoms with E-state index in [2.05, 4.69) is 27.0 Å². The topological polar surface area (TPSA) is 124 Å². The number of aryl methyl sites for hydroxylation is 1. The van der Waals surface area contributed by atoms with Crippen molar-refractivity contribution < 1.29 is 50.9 Å². The van der Waals surface area contributed by atoms with Crippen LogP contribution in [0.15, 0.2) is 42.7 Å². The Morgan fingerprint density at radius 3 is 1.87 bits per heavy atom. The third kappa shape index (κ3) is 9.41. The summed E-state index contributed by atoms with van der Waals surface area (Å²) in [6, 6.07) is 9.89. The second-order valence-electron chi connectivity index (χ2n) is 8.95. The first-order valence-electron chi connectivity index (χ1n) is 11.5. The number of likely N-dealkylation sites (tertiary alicyclic amines) is 1. The maximum Gasteiger partial charge on any atom is 0.490 e. The van der Waals surface area contributed by atoms with Gasteiger partial charge in [0.2, 0.25) is 0 Å². The molecule has 0 aromatic carbocycles. The number of hydrogen-bond acceptors (Lipinski definition) is 6. The lowest BCUT2D eigenvalue weighted by molar-refractivity contribution is -0.193. The maximum atomic E-state index is 12.6. The van der Waals surface area contributed by atoms with E-state index in [-0.39, 0.29) is 5.91 Å². The first kappa shape index (κ1) is 31.3. The Kier molecular flexibility index (Phi) is 10.2. The number of aromatic nitrogens is 2. The Hall–Kier alpha value is -3.91. The first-order valence-corrected chi connectivity index (χ1v) is 11.5. The van der Waals surface area contributed by atoms with Crippen LogP contribution in [0.4, 0.5) is 32.2 Å². The number of carboxylic acids is 2. The van der Waals surface area contributed by atoms with E-state index < -0.39 is 24.3 Å². The second-order valence-corrected chi connectivity index (χ2v) is 8.95. The van der Waals surface area contributed by atoms with Gasteiger partial charge in [-0.3, -0.25) is 9.78 Å². The van der Waals surface area contributed by atoms with Crippen LogP contribution in [-0.4, -0.2) is 81.5 Å². The summed E-state index contributed by atoms with van der Waals surface area (Å²) < 4.78 is 63.5. The average molecular weight is 564 g/mol. The van der Waals surface area contributed by atoms with E-state index in [0.717, 1.165) is 50.5 Å². The Bertz CT molecular complexity index is 1110. The monoisotopic (exact) mass is 564 g/mol. The van der Waals surface area contributed by atoms with Crippen LogP contribution < -0.4 is 4.90 Å². The van der Waals surface area contributed by atoms with Crippen LogP contribution in [0.5, 0.6) is 0 Å². The number of rotatable bonds is 2. The molecule has 2 aromatic heterocycles. The van der Waals surface area contributed by atoms with E-state index in [9.17, 15) is 31.1 Å². The summed E-state index contributed by atoms with van der Waals surface area (Å²) in [5, 5.41) is 14.2. The third-order valence-electron chi connectivity index (χ3n) is 6.14. The van der Waals surface area contributed by atoms with Crippen LogP contribution in [-0.2, 0) is 9.59 Å². The highest BCUT2D eigenvalue weighted by Crippen LogP contribution is 2.41. The van der Waals surface area contributed by atoms with Gasteiger partial charge in [0.05, 0.1) is 5.56 Å². The lowest BCUT2D eigenvalue weighted by Crippen LogP contribution is -2.44. The van der Waals surface area contributed by atoms with Gasteiger partial charge in [0.1, 0.15) is 5.82 Å². The molecule has 15 heteroatoms. The Morgan fingerprint density at radius 1 is 0.872 bits per heavy atom. The minimum atomic E-state index is -5.08. The van der Waals surface area contributed by atoms with Gasteiger partial charge in [-0.2, -0.15) is 26.3 Å². The zero-order valence-electron chi connectivity index (χ0n) is 20.7. The quantitative estimate of drug-likeness (QED) is 0.521. The molecule has 2 N–H and O–H groups in total. The third-order valence-corrected chi connectivity index (χ3v) is 6.14. The molecular formula is C24H26F6N4O5. The molecule has 0 radical (unpaired) electrons. The number of alkyl halides is 6. The van der Waals surface area contributed by atoms with Gasteiger partial charge in [0, 0.05) is 44.3 Å². The number of nitrogens with zero attached hydrogens (tertiary/aromatic N) is 4. The van der Waals surface area contributed by atoms with E-state index in [4.69, 9.17) is 19.8 Å². The minimum Gasteiger partial charge on any atom is -0.475 e. The van der Waals surface area contributed by atoms with Gasteiger partial charge in [-0.05, 0) is 55.9 Å². The number of halogens is 6. The number of carbonyl (C=O) groups excluding carboxylic acids is 1. The summed E-state index contributed by atoms with van der Waals surface area (Å²) in [6.45, 7) is 5.83. The van der Waals surface area contributed by atoms with Crippen molar-refractivity contribution in [3.8, 4) is 0 Å². The first-order chi connectivity index (χ1) is 18.0. The van der Waals surface area contributed by atoms with E-state index in [1.54, 1.807) is 12.4 Å². The van der Waals surface area contributed by atoms with Crippen LogP contribution in [0.2, 0.25) is 0 Å². The molecule has 4 heterocycles. The lowest BCUT2D eigenvalue weighted by Gasteiger charge is -2.39. The second kappa shape index (κ2) is 12.8. The molecule has 0 aliphatic carbocycles. The molecular weight excluding hydrogens is 538 g/mol. The molecule has 2 aliphatic heterocycles. The summed E-state index contributed by atoms with van der Waals surface area (Å²) in [6.07, 6.45) is -3.47. The van der Waals surface area contributed by atoms with Gasteiger partial charge in [0.15, 0.2) is 0 Å². The van der Waals surface area contributed by atoms with Crippen LogP contribution in [0.3, 0.4) is 0 Å². The Balaban J connectivity index is 0.000000317. The fourth-order valence-corrected chi connectivity index (χ4v) is 4.10. The fourth-order valence-electron chi connectivity index (χ4n) is 4.10. The molecule has 0 bridgehead atoms. The predicted molar refractivity (Wildman–Crippen MR) is 125 cm³/mol. The summed E-state index contributed by atoms with van der Waals surface area (Å²) in [5.41, 5.74) is 2.09. The molecule has 39 heavy (non-hydrogen) atoms. The smallest absolute Gasteiger partial charge is 0.475 e. The molecule has 4 rings (SSSR count). The van der Waals surface area contributed by atoms with Crippen molar-refractivity contribution in [2.45, 2.75) is 38.5 Å². The van der Waals surface area contributed by atoms with Crippen molar-refractivity contribution in [2.24, 2.45) is 5.41 Å². The number of anilines is 1. The van der Waals surface area contributed by atoms with Crippen molar-refractivity contribution in [3.63, 3.8) is 0 Å². The van der Waals surface area contributed by atoms with Crippen LogP contribution in [0, 0.1) is 12.3 Å². The van der Waals surface area contributed by atoms with Crippen LogP contribution >= 0.6 is 0 Å². The summed E-state index contributed by atoms with van der Waals surface area (Å²) >= 11 is 0. The van der Waals surface area contributed by atoms with Crippen molar-refractivity contribution in [1.29, 1.82) is 0 Å². The van der Waals surface area contributed by atoms with Gasteiger partial charge in [0.25, 0.3) is 5.91 Å². The largest absolute Gasteiger partial charge is 0.490 e. The number of carboxylic acid groups (broad SMARTS) is 2. The predicted octanol–water partition coefficient (Wildman–Crippen LogP) is 4.18. The summed E-state index contributed by atoms with van der Waals surface area (Å²) in [5.74, 6) is -4.32. The van der Waals surface area contributed by atoms with Gasteiger partial charge in [-0.25, -0.2) is 14.6 Å². The summed E-state index contributed by atoms with van der Waals surface area (Å²) in [4.78, 5) is 43.5. The van der Waals surface area contributed by atoms with Crippen molar-refractivity contribution in [2.75, 3.05) is 31.1 Å². The number of hydrogen-bond donors (Lipinski definition) is 2. The molecule has 0 saturated carbocycles. The average Bonchev–Trinajstić information content (AvgIpc) is 3.28. The van der Waals surface area contributed by atoms with Gasteiger partial charge >= 0.3 is 24.3 Å². The highest BCUT2D eigenvalue weighted by atomic mass is 19.4. The normalized spacial score (nSPS) is 16.5. The van der Waals surface area contributed by atoms with Gasteiger partial charge < -0.3 is 20.0 Å².